The standard InChI is InChI=1S/C16H19N3O2S/c17-15-18-10-14(22-15)13-6-8-19(9-7-13)16(20)21-11-12-4-2-1-3-5-12/h1-5,10,13H,6-9,11H2,(H2,17,18). The van der Waals surface area contributed by atoms with Gasteiger partial charge in [0.1, 0.15) is 6.61 Å². The molecule has 2 heterocycles. The molecule has 1 aromatic carbocycles. The van der Waals surface area contributed by atoms with E-state index >= 15 is 0 Å². The Kier molecular flexibility index (Phi) is 4.58. The number of carbonyl (C=O) groups excluding carboxylic acids is 1. The molecular weight excluding hydrogens is 298 g/mol. The Morgan fingerprint density at radius 3 is 2.68 bits per heavy atom. The number of anilines is 1. The average molecular weight is 317 g/mol. The van der Waals surface area contributed by atoms with E-state index in [1.54, 1.807) is 16.2 Å². The number of carbonyl (C=O) groups is 1. The molecule has 3 rings (SSSR count). The second-order valence-corrected chi connectivity index (χ2v) is 6.50. The molecule has 2 aromatic rings. The fourth-order valence-corrected chi connectivity index (χ4v) is 3.50. The van der Waals surface area contributed by atoms with Gasteiger partial charge in [0.05, 0.1) is 0 Å². The molecule has 1 aromatic heterocycles. The summed E-state index contributed by atoms with van der Waals surface area (Å²) in [6.07, 6.45) is 3.49. The van der Waals surface area contributed by atoms with Gasteiger partial charge < -0.3 is 15.4 Å². The van der Waals surface area contributed by atoms with Gasteiger partial charge in [-0.05, 0) is 24.3 Å². The number of nitrogen functional groups attached to an aromatic ring is 1. The number of nitrogens with zero attached hydrogens (tertiary/aromatic N) is 2. The third-order valence-corrected chi connectivity index (χ3v) is 4.89. The van der Waals surface area contributed by atoms with Crippen molar-refractivity contribution in [2.75, 3.05) is 18.8 Å². The lowest BCUT2D eigenvalue weighted by Gasteiger charge is -2.30. The lowest BCUT2D eigenvalue weighted by molar-refractivity contribution is 0.0872. The summed E-state index contributed by atoms with van der Waals surface area (Å²) in [5, 5.41) is 0.611. The molecule has 0 atom stereocenters. The van der Waals surface area contributed by atoms with Gasteiger partial charge in [-0.1, -0.05) is 30.3 Å². The SMILES string of the molecule is Nc1ncc(C2CCN(C(=O)OCc3ccccc3)CC2)s1. The zero-order chi connectivity index (χ0) is 15.4. The largest absolute Gasteiger partial charge is 0.445 e. The van der Waals surface area contributed by atoms with Gasteiger partial charge in [0, 0.05) is 24.2 Å². The predicted octanol–water partition coefficient (Wildman–Crippen LogP) is 3.24. The maximum absolute atomic E-state index is 12.1. The van der Waals surface area contributed by atoms with Crippen LogP contribution in [0.5, 0.6) is 0 Å². The number of benzene rings is 1. The van der Waals surface area contributed by atoms with Crippen molar-refractivity contribution < 1.29 is 9.53 Å². The number of amides is 1. The number of nitrogens with two attached hydrogens (primary N) is 1. The van der Waals surface area contributed by atoms with E-state index in [-0.39, 0.29) is 6.09 Å². The smallest absolute Gasteiger partial charge is 0.410 e. The zero-order valence-electron chi connectivity index (χ0n) is 12.3. The number of hydrogen-bond donors (Lipinski definition) is 1. The summed E-state index contributed by atoms with van der Waals surface area (Å²) in [5.41, 5.74) is 6.68. The highest BCUT2D eigenvalue weighted by Crippen LogP contribution is 2.32. The highest BCUT2D eigenvalue weighted by atomic mass is 32.1. The van der Waals surface area contributed by atoms with Crippen LogP contribution in [0, 0.1) is 0 Å². The van der Waals surface area contributed by atoms with Crippen molar-refractivity contribution in [1.82, 2.24) is 9.88 Å². The first kappa shape index (κ1) is 14.8. The third kappa shape index (κ3) is 3.57. The molecule has 1 fully saturated rings. The predicted molar refractivity (Wildman–Crippen MR) is 86.7 cm³/mol. The first-order valence-corrected chi connectivity index (χ1v) is 8.21. The van der Waals surface area contributed by atoms with Gasteiger partial charge >= 0.3 is 6.09 Å². The van der Waals surface area contributed by atoms with E-state index in [1.807, 2.05) is 36.5 Å². The molecule has 6 heteroatoms. The Bertz CT molecular complexity index is 621. The van der Waals surface area contributed by atoms with Crippen molar-refractivity contribution in [1.29, 1.82) is 0 Å². The molecular formula is C16H19N3O2S. The molecule has 1 saturated heterocycles. The molecule has 116 valence electrons. The van der Waals surface area contributed by atoms with E-state index in [2.05, 4.69) is 4.98 Å². The maximum Gasteiger partial charge on any atom is 0.410 e. The van der Waals surface area contributed by atoms with Crippen LogP contribution in [0.25, 0.3) is 0 Å². The summed E-state index contributed by atoms with van der Waals surface area (Å²) in [7, 11) is 0. The van der Waals surface area contributed by atoms with Gasteiger partial charge in [0.2, 0.25) is 0 Å². The van der Waals surface area contributed by atoms with Gasteiger partial charge in [-0.25, -0.2) is 9.78 Å². The van der Waals surface area contributed by atoms with E-state index in [4.69, 9.17) is 10.5 Å². The Hall–Kier alpha value is -2.08. The Morgan fingerprint density at radius 2 is 2.05 bits per heavy atom. The topological polar surface area (TPSA) is 68.5 Å². The number of aromatic nitrogens is 1. The minimum Gasteiger partial charge on any atom is -0.445 e. The van der Waals surface area contributed by atoms with Crippen LogP contribution in [0.2, 0.25) is 0 Å². The minimum atomic E-state index is -0.230. The van der Waals surface area contributed by atoms with Crippen molar-refractivity contribution >= 4 is 22.6 Å². The molecule has 2 N–H and O–H groups in total. The molecule has 0 spiro atoms. The van der Waals surface area contributed by atoms with Gasteiger partial charge in [0.15, 0.2) is 5.13 Å². The van der Waals surface area contributed by atoms with E-state index in [0.717, 1.165) is 31.5 Å². The fourth-order valence-electron chi connectivity index (χ4n) is 2.65. The highest BCUT2D eigenvalue weighted by molar-refractivity contribution is 7.15. The maximum atomic E-state index is 12.1. The first-order valence-electron chi connectivity index (χ1n) is 7.39. The monoisotopic (exact) mass is 317 g/mol. The van der Waals surface area contributed by atoms with Crippen molar-refractivity contribution in [2.45, 2.75) is 25.4 Å². The molecule has 0 unspecified atom stereocenters. The molecule has 0 aliphatic carbocycles. The lowest BCUT2D eigenvalue weighted by Crippen LogP contribution is -2.38. The Morgan fingerprint density at radius 1 is 1.32 bits per heavy atom. The van der Waals surface area contributed by atoms with Crippen LogP contribution in [0.15, 0.2) is 36.5 Å². The fraction of sp³-hybridized carbons (Fsp3) is 0.375. The normalized spacial score (nSPS) is 15.7. The van der Waals surface area contributed by atoms with Crippen molar-refractivity contribution in [3.63, 3.8) is 0 Å². The minimum absolute atomic E-state index is 0.230. The molecule has 22 heavy (non-hydrogen) atoms. The summed E-state index contributed by atoms with van der Waals surface area (Å²) in [4.78, 5) is 19.2. The van der Waals surface area contributed by atoms with Crippen LogP contribution in [0.1, 0.15) is 29.2 Å². The molecule has 0 radical (unpaired) electrons. The van der Waals surface area contributed by atoms with Crippen molar-refractivity contribution in [2.24, 2.45) is 0 Å². The second-order valence-electron chi connectivity index (χ2n) is 5.40. The average Bonchev–Trinajstić information content (AvgIpc) is 3.00. The molecule has 1 aliphatic heterocycles. The first-order chi connectivity index (χ1) is 10.7. The van der Waals surface area contributed by atoms with Gasteiger partial charge in [0.25, 0.3) is 0 Å². The third-order valence-electron chi connectivity index (χ3n) is 3.90. The van der Waals surface area contributed by atoms with Crippen LogP contribution < -0.4 is 5.73 Å². The molecule has 0 saturated carbocycles. The summed E-state index contributed by atoms with van der Waals surface area (Å²) < 4.78 is 5.37. The van der Waals surface area contributed by atoms with Crippen molar-refractivity contribution in [3.05, 3.63) is 47.0 Å². The number of thiazole rings is 1. The number of hydrogen-bond acceptors (Lipinski definition) is 5. The Balaban J connectivity index is 1.47. The van der Waals surface area contributed by atoms with E-state index in [0.29, 0.717) is 17.7 Å². The number of likely N-dealkylation sites (tertiary alicyclic amines) is 1. The number of piperidine rings is 1. The quantitative estimate of drug-likeness (QED) is 0.943. The zero-order valence-corrected chi connectivity index (χ0v) is 13.1. The van der Waals surface area contributed by atoms with E-state index < -0.39 is 0 Å². The van der Waals surface area contributed by atoms with E-state index in [9.17, 15) is 4.79 Å². The highest BCUT2D eigenvalue weighted by Gasteiger charge is 2.25. The second kappa shape index (κ2) is 6.79. The number of rotatable bonds is 3. The van der Waals surface area contributed by atoms with E-state index in [1.165, 1.54) is 4.88 Å². The van der Waals surface area contributed by atoms with Crippen LogP contribution >= 0.6 is 11.3 Å². The number of ether oxygens (including phenoxy) is 1. The molecule has 0 bridgehead atoms. The van der Waals surface area contributed by atoms with Crippen molar-refractivity contribution in [3.8, 4) is 0 Å². The summed E-state index contributed by atoms with van der Waals surface area (Å²) in [6.45, 7) is 1.76. The van der Waals surface area contributed by atoms with Crippen LogP contribution in [-0.4, -0.2) is 29.1 Å². The molecule has 1 amide bonds. The molecule has 1 aliphatic rings. The summed E-state index contributed by atoms with van der Waals surface area (Å²) in [6, 6.07) is 9.73. The Labute approximate surface area is 133 Å². The van der Waals surface area contributed by atoms with Gasteiger partial charge in [-0.15, -0.1) is 11.3 Å². The van der Waals surface area contributed by atoms with Gasteiger partial charge in [-0.2, -0.15) is 0 Å². The molecule has 5 nitrogen and oxygen atoms in total. The van der Waals surface area contributed by atoms with Crippen LogP contribution in [0.4, 0.5) is 9.93 Å². The van der Waals surface area contributed by atoms with Gasteiger partial charge in [-0.3, -0.25) is 0 Å². The van der Waals surface area contributed by atoms with Crippen LogP contribution in [0.3, 0.4) is 0 Å². The summed E-state index contributed by atoms with van der Waals surface area (Å²) >= 11 is 1.54. The lowest BCUT2D eigenvalue weighted by atomic mass is 9.96. The van der Waals surface area contributed by atoms with Crippen LogP contribution in [-0.2, 0) is 11.3 Å². The summed E-state index contributed by atoms with van der Waals surface area (Å²) in [5.74, 6) is 0.452.